The number of aryl methyl sites for hydroxylation is 1. The topological polar surface area (TPSA) is 64.0 Å². The molecule has 0 bridgehead atoms. The molecule has 7 heteroatoms. The molecule has 0 saturated heterocycles. The van der Waals surface area contributed by atoms with E-state index in [-0.39, 0.29) is 17.4 Å². The van der Waals surface area contributed by atoms with E-state index in [0.29, 0.717) is 21.7 Å². The third-order valence-corrected chi connectivity index (χ3v) is 6.71. The molecule has 1 heterocycles. The fourth-order valence-electron chi connectivity index (χ4n) is 3.79. The molecule has 5 nitrogen and oxygen atoms in total. The van der Waals surface area contributed by atoms with Crippen molar-refractivity contribution < 1.29 is 9.18 Å². The smallest absolute Gasteiger partial charge is 0.266 e. The summed E-state index contributed by atoms with van der Waals surface area (Å²) in [6, 6.07) is 18.7. The Kier molecular flexibility index (Phi) is 6.84. The number of fused-ring (bicyclic) bond motifs is 1. The number of nitrogens with zero attached hydrogens (tertiary/aromatic N) is 2. The van der Waals surface area contributed by atoms with Gasteiger partial charge in [0, 0.05) is 5.69 Å². The molecule has 0 radical (unpaired) electrons. The number of benzene rings is 3. The molecule has 0 saturated carbocycles. The zero-order valence-electron chi connectivity index (χ0n) is 19.5. The second-order valence-electron chi connectivity index (χ2n) is 8.47. The molecule has 174 valence electrons. The van der Waals surface area contributed by atoms with Gasteiger partial charge in [-0.1, -0.05) is 55.9 Å². The zero-order chi connectivity index (χ0) is 24.4. The molecule has 34 heavy (non-hydrogen) atoms. The second-order valence-corrected chi connectivity index (χ2v) is 9.78. The Hall–Kier alpha value is -3.45. The van der Waals surface area contributed by atoms with E-state index in [0.717, 1.165) is 16.8 Å². The van der Waals surface area contributed by atoms with Crippen LogP contribution in [0.1, 0.15) is 37.8 Å². The Balaban J connectivity index is 1.72. The number of carbonyl (C=O) groups is 1. The minimum Gasteiger partial charge on any atom is -0.325 e. The van der Waals surface area contributed by atoms with Gasteiger partial charge in [0.2, 0.25) is 5.91 Å². The number of aromatic nitrogens is 2. The number of thioether (sulfide) groups is 1. The first-order valence-corrected chi connectivity index (χ1v) is 12.0. The van der Waals surface area contributed by atoms with Crippen LogP contribution >= 0.6 is 11.8 Å². The van der Waals surface area contributed by atoms with Crippen molar-refractivity contribution in [3.05, 3.63) is 94.0 Å². The van der Waals surface area contributed by atoms with Crippen LogP contribution in [-0.2, 0) is 4.79 Å². The van der Waals surface area contributed by atoms with Crippen LogP contribution < -0.4 is 10.9 Å². The number of rotatable bonds is 6. The van der Waals surface area contributed by atoms with E-state index in [4.69, 9.17) is 0 Å². The minimum absolute atomic E-state index is 0.186. The fraction of sp³-hybridized carbons (Fsp3) is 0.222. The van der Waals surface area contributed by atoms with Crippen molar-refractivity contribution in [2.75, 3.05) is 5.32 Å². The molecular formula is C27H26FN3O2S. The van der Waals surface area contributed by atoms with E-state index in [1.807, 2.05) is 31.2 Å². The van der Waals surface area contributed by atoms with Crippen molar-refractivity contribution in [2.45, 2.75) is 44.0 Å². The van der Waals surface area contributed by atoms with Gasteiger partial charge in [0.05, 0.1) is 21.8 Å². The molecule has 0 aliphatic heterocycles. The molecule has 1 amide bonds. The predicted octanol–water partition coefficient (Wildman–Crippen LogP) is 6.08. The number of carbonyl (C=O) groups excluding carboxylic acids is 1. The lowest BCUT2D eigenvalue weighted by molar-refractivity contribution is -0.115. The Morgan fingerprint density at radius 1 is 1.00 bits per heavy atom. The number of nitrogens with one attached hydrogen (secondary N) is 1. The summed E-state index contributed by atoms with van der Waals surface area (Å²) in [5.41, 5.74) is 3.63. The average Bonchev–Trinajstić information content (AvgIpc) is 2.81. The molecule has 0 spiro atoms. The van der Waals surface area contributed by atoms with Crippen LogP contribution in [0.5, 0.6) is 0 Å². The van der Waals surface area contributed by atoms with Crippen LogP contribution in [0.3, 0.4) is 0 Å². The van der Waals surface area contributed by atoms with Crippen LogP contribution in [0.25, 0.3) is 16.6 Å². The van der Waals surface area contributed by atoms with Crippen molar-refractivity contribution >= 4 is 34.3 Å². The molecule has 1 aromatic heterocycles. The lowest BCUT2D eigenvalue weighted by Gasteiger charge is -2.19. The molecule has 3 aromatic carbocycles. The fourth-order valence-corrected chi connectivity index (χ4v) is 4.72. The van der Waals surface area contributed by atoms with Crippen molar-refractivity contribution in [1.82, 2.24) is 9.55 Å². The first-order chi connectivity index (χ1) is 16.3. The second kappa shape index (κ2) is 9.81. The molecular weight excluding hydrogens is 449 g/mol. The number of anilines is 1. The Bertz CT molecular complexity index is 1410. The van der Waals surface area contributed by atoms with E-state index in [1.165, 1.54) is 40.6 Å². The lowest BCUT2D eigenvalue weighted by Crippen LogP contribution is -2.27. The number of para-hydroxylation sites is 2. The molecule has 4 rings (SSSR count). The van der Waals surface area contributed by atoms with E-state index < -0.39 is 11.1 Å². The van der Waals surface area contributed by atoms with Gasteiger partial charge in [-0.05, 0) is 67.3 Å². The minimum atomic E-state index is -0.542. The highest BCUT2D eigenvalue weighted by molar-refractivity contribution is 8.00. The SMILES string of the molecule is Cc1cccc(C(C)C)c1NC(=O)C(C)Sc1nc2ccccc2c(=O)n1-c1ccc(F)cc1. The van der Waals surface area contributed by atoms with E-state index in [9.17, 15) is 14.0 Å². The molecule has 0 aliphatic carbocycles. The molecule has 1 unspecified atom stereocenters. The normalized spacial score (nSPS) is 12.2. The summed E-state index contributed by atoms with van der Waals surface area (Å²) in [5, 5.41) is 3.35. The van der Waals surface area contributed by atoms with Crippen molar-refractivity contribution in [1.29, 1.82) is 0 Å². The summed E-state index contributed by atoms with van der Waals surface area (Å²) < 4.78 is 15.0. The van der Waals surface area contributed by atoms with E-state index in [1.54, 1.807) is 25.1 Å². The standard InChI is InChI=1S/C27H26FN3O2S/c1-16(2)21-10-7-8-17(3)24(21)30-25(32)18(4)34-27-29-23-11-6-5-9-22(23)26(33)31(27)20-14-12-19(28)13-15-20/h5-16,18H,1-4H3,(H,30,32). The molecule has 1 atom stereocenters. The number of hydrogen-bond donors (Lipinski definition) is 1. The van der Waals surface area contributed by atoms with Crippen molar-refractivity contribution in [2.24, 2.45) is 0 Å². The van der Waals surface area contributed by atoms with Crippen molar-refractivity contribution in [3.8, 4) is 5.69 Å². The number of amides is 1. The highest BCUT2D eigenvalue weighted by Gasteiger charge is 2.22. The quantitative estimate of drug-likeness (QED) is 0.271. The first kappa shape index (κ1) is 23.7. The summed E-state index contributed by atoms with van der Waals surface area (Å²) in [7, 11) is 0. The molecule has 1 N–H and O–H groups in total. The zero-order valence-corrected chi connectivity index (χ0v) is 20.3. The van der Waals surface area contributed by atoms with Gasteiger partial charge in [-0.25, -0.2) is 9.37 Å². The average molecular weight is 476 g/mol. The molecule has 0 fully saturated rings. The van der Waals surface area contributed by atoms with Crippen molar-refractivity contribution in [3.63, 3.8) is 0 Å². The molecule has 0 aliphatic rings. The van der Waals surface area contributed by atoms with Gasteiger partial charge in [-0.15, -0.1) is 0 Å². The monoisotopic (exact) mass is 475 g/mol. The maximum atomic E-state index is 13.5. The third kappa shape index (κ3) is 4.75. The summed E-state index contributed by atoms with van der Waals surface area (Å²) in [6.07, 6.45) is 0. The van der Waals surface area contributed by atoms with Gasteiger partial charge in [0.25, 0.3) is 5.56 Å². The van der Waals surface area contributed by atoms with Gasteiger partial charge < -0.3 is 5.32 Å². The summed E-state index contributed by atoms with van der Waals surface area (Å²) >= 11 is 1.19. The van der Waals surface area contributed by atoms with Gasteiger partial charge in [0.1, 0.15) is 5.82 Å². The largest absolute Gasteiger partial charge is 0.325 e. The summed E-state index contributed by atoms with van der Waals surface area (Å²) in [5.74, 6) is -0.329. The Labute approximate surface area is 202 Å². The van der Waals surface area contributed by atoms with Crippen LogP contribution in [0.15, 0.2) is 76.7 Å². The van der Waals surface area contributed by atoms with E-state index in [2.05, 4.69) is 24.1 Å². The number of halogens is 1. The Morgan fingerprint density at radius 3 is 2.41 bits per heavy atom. The first-order valence-electron chi connectivity index (χ1n) is 11.1. The maximum absolute atomic E-state index is 13.5. The van der Waals surface area contributed by atoms with Crippen LogP contribution in [-0.4, -0.2) is 20.7 Å². The maximum Gasteiger partial charge on any atom is 0.266 e. The predicted molar refractivity (Wildman–Crippen MR) is 137 cm³/mol. The van der Waals surface area contributed by atoms with Gasteiger partial charge >= 0.3 is 0 Å². The van der Waals surface area contributed by atoms with Crippen LogP contribution in [0, 0.1) is 12.7 Å². The van der Waals surface area contributed by atoms with Crippen LogP contribution in [0.2, 0.25) is 0 Å². The van der Waals surface area contributed by atoms with Gasteiger partial charge in [-0.2, -0.15) is 0 Å². The Morgan fingerprint density at radius 2 is 1.71 bits per heavy atom. The van der Waals surface area contributed by atoms with Gasteiger partial charge in [0.15, 0.2) is 5.16 Å². The van der Waals surface area contributed by atoms with Crippen LogP contribution in [0.4, 0.5) is 10.1 Å². The number of hydrogen-bond acceptors (Lipinski definition) is 4. The highest BCUT2D eigenvalue weighted by atomic mass is 32.2. The molecule has 4 aromatic rings. The lowest BCUT2D eigenvalue weighted by atomic mass is 9.98. The summed E-state index contributed by atoms with van der Waals surface area (Å²) in [6.45, 7) is 7.92. The third-order valence-electron chi connectivity index (χ3n) is 5.66. The summed E-state index contributed by atoms with van der Waals surface area (Å²) in [4.78, 5) is 31.2. The van der Waals surface area contributed by atoms with E-state index >= 15 is 0 Å². The highest BCUT2D eigenvalue weighted by Crippen LogP contribution is 2.30. The van der Waals surface area contributed by atoms with Gasteiger partial charge in [-0.3, -0.25) is 14.2 Å².